The Balaban J connectivity index is 0.000000742. The van der Waals surface area contributed by atoms with Crippen LogP contribution >= 0.6 is 121 Å². The maximum absolute atomic E-state index is 12.1. The molecule has 0 saturated heterocycles. The molecular formula is C95H105Cl5F5O10S5. The Morgan fingerprint density at radius 3 is 0.483 bits per heavy atom. The highest BCUT2D eigenvalue weighted by atomic mass is 35.5. The highest BCUT2D eigenvalue weighted by molar-refractivity contribution is 7.81. The van der Waals surface area contributed by atoms with Crippen molar-refractivity contribution >= 4 is 151 Å². The number of hydrogen-bond acceptors (Lipinski definition) is 10. The Kier molecular flexibility index (Phi) is 56.7. The molecule has 0 aliphatic carbocycles. The summed E-state index contributed by atoms with van der Waals surface area (Å²) in [5.74, 6) is 0.0369. The summed E-state index contributed by atoms with van der Waals surface area (Å²) in [6.07, 6.45) is 30.0. The zero-order valence-electron chi connectivity index (χ0n) is 67.9. The normalized spacial score (nSPS) is 10.1. The van der Waals surface area contributed by atoms with Gasteiger partial charge in [0.15, 0.2) is 0 Å². The molecule has 0 spiro atoms. The number of esters is 5. The second-order valence-electron chi connectivity index (χ2n) is 27.4. The molecule has 0 heterocycles. The number of carbonyl (C=O) groups excluding carboxylic acids is 5. The molecule has 0 amide bonds. The fraction of sp³-hybridized carbons (Fsp3) is 0.316. The monoisotopic (exact) mass is 1840 g/mol. The molecule has 645 valence electrons. The number of benzene rings is 10. The van der Waals surface area contributed by atoms with Gasteiger partial charge in [-0.1, -0.05) is 313 Å². The summed E-state index contributed by atoms with van der Waals surface area (Å²) in [6.45, 7) is 11.0. The molecule has 0 N–H and O–H groups in total. The molecule has 0 aromatic heterocycles. The van der Waals surface area contributed by atoms with Crippen LogP contribution in [0.4, 0.5) is 23.5 Å². The average molecular weight is 1840 g/mol. The maximum Gasteiger partial charge on any atom is 0.343 e. The summed E-state index contributed by atoms with van der Waals surface area (Å²) in [5, 5.41) is 2.05. The van der Waals surface area contributed by atoms with Crippen LogP contribution in [-0.2, 0) is 32.1 Å². The summed E-state index contributed by atoms with van der Waals surface area (Å²) in [4.78, 5) is 63.4. The first-order valence-corrected chi connectivity index (χ1v) is 43.3. The third-order valence-corrected chi connectivity index (χ3v) is 22.0. The van der Waals surface area contributed by atoms with Crippen molar-refractivity contribution in [2.75, 3.05) is 0 Å². The minimum atomic E-state index is -0.393. The third kappa shape index (κ3) is 41.5. The minimum Gasteiger partial charge on any atom is -0.423 e. The van der Waals surface area contributed by atoms with E-state index in [4.69, 9.17) is 145 Å². The van der Waals surface area contributed by atoms with Crippen LogP contribution in [0.3, 0.4) is 0 Å². The fourth-order valence-corrected chi connectivity index (χ4v) is 12.9. The lowest BCUT2D eigenvalue weighted by Gasteiger charge is -2.06. The first-order chi connectivity index (χ1) is 55.5. The predicted octanol–water partition coefficient (Wildman–Crippen LogP) is 32.0. The van der Waals surface area contributed by atoms with E-state index in [0.717, 1.165) is 32.1 Å². The van der Waals surface area contributed by atoms with Gasteiger partial charge in [0, 0.05) is 30.3 Å². The van der Waals surface area contributed by atoms with E-state index in [-0.39, 0.29) is 23.5 Å². The summed E-state index contributed by atoms with van der Waals surface area (Å²) in [5.41, 5.74) is 8.88. The lowest BCUT2D eigenvalue weighted by atomic mass is 10.0. The van der Waals surface area contributed by atoms with Crippen LogP contribution < -0.4 is 23.7 Å². The van der Waals surface area contributed by atoms with Crippen LogP contribution in [0, 0.1) is 0 Å². The quantitative estimate of drug-likeness (QED) is 0.0164. The number of ether oxygens (including phenoxy) is 5. The Labute approximate surface area is 757 Å². The Morgan fingerprint density at radius 2 is 0.358 bits per heavy atom. The zero-order valence-corrected chi connectivity index (χ0v) is 75.8. The van der Waals surface area contributed by atoms with Crippen molar-refractivity contribution in [3.8, 4) is 28.7 Å². The Hall–Kier alpha value is -8.25. The molecule has 5 radical (unpaired) electrons. The lowest BCUT2D eigenvalue weighted by Crippen LogP contribution is -2.08. The van der Waals surface area contributed by atoms with Crippen molar-refractivity contribution in [3.05, 3.63) is 293 Å². The summed E-state index contributed by atoms with van der Waals surface area (Å²) in [6, 6.07) is 62.2. The van der Waals surface area contributed by atoms with E-state index in [2.05, 4.69) is 34.6 Å². The van der Waals surface area contributed by atoms with Gasteiger partial charge >= 0.3 is 29.8 Å². The van der Waals surface area contributed by atoms with Crippen LogP contribution in [0.1, 0.15) is 243 Å². The van der Waals surface area contributed by atoms with E-state index < -0.39 is 29.8 Å². The van der Waals surface area contributed by atoms with E-state index in [0.29, 0.717) is 106 Å². The van der Waals surface area contributed by atoms with Gasteiger partial charge in [-0.2, -0.15) is 0 Å². The van der Waals surface area contributed by atoms with Crippen LogP contribution in [0.2, 0.25) is 25.1 Å². The molecular weight excluding hydrogens is 1730 g/mol. The number of hydrogen-bond donors (Lipinski definition) is 0. The number of carbonyl (C=O) groups is 5. The molecule has 10 nitrogen and oxygen atoms in total. The van der Waals surface area contributed by atoms with Gasteiger partial charge in [0.05, 0.1) is 77.4 Å². The topological polar surface area (TPSA) is 132 Å². The fourth-order valence-electron chi connectivity index (χ4n) is 11.4. The molecule has 10 aromatic rings. The molecule has 0 atom stereocenters. The first kappa shape index (κ1) is 110. The minimum absolute atomic E-state index is 0. The first-order valence-electron chi connectivity index (χ1n) is 39.4. The molecule has 0 aliphatic heterocycles. The van der Waals surface area contributed by atoms with Crippen molar-refractivity contribution in [2.24, 2.45) is 0 Å². The number of aryl methyl sites for hydroxylation is 5. The number of rotatable bonds is 35. The molecule has 10 rings (SSSR count). The molecule has 0 aliphatic rings. The van der Waals surface area contributed by atoms with Gasteiger partial charge in [-0.15, -0.1) is 0 Å². The van der Waals surface area contributed by atoms with E-state index in [1.807, 2.05) is 60.7 Å². The zero-order chi connectivity index (χ0) is 83.3. The van der Waals surface area contributed by atoms with Gasteiger partial charge in [0.1, 0.15) is 28.7 Å². The Bertz CT molecular complexity index is 3970. The van der Waals surface area contributed by atoms with E-state index in [9.17, 15) is 24.0 Å². The predicted molar refractivity (Wildman–Crippen MR) is 495 cm³/mol. The second-order valence-corrected chi connectivity index (χ2v) is 31.7. The molecule has 0 saturated carbocycles. The Morgan fingerprint density at radius 1 is 0.217 bits per heavy atom. The van der Waals surface area contributed by atoms with Crippen molar-refractivity contribution < 1.29 is 71.2 Å². The van der Waals surface area contributed by atoms with Gasteiger partial charge in [-0.05, 0) is 213 Å². The largest absolute Gasteiger partial charge is 0.423 e. The summed E-state index contributed by atoms with van der Waals surface area (Å²) < 4.78 is 26.6. The SMILES string of the molecule is CCCCCCc1ccc(C(=O)Oc2ccc([S])c(Cl)c2)cc1.CCCCCCc1ccc(C(=O)Oc2ccc([S])c(Cl)c2)cc1.CCCCCCc1ccc(C(=O)Oc2ccc([S])c(Cl)c2)cc1.CCCCCCc1ccc(C(=O)Oc2ccc([S])c(Cl)c2)cc1.CCCCCCc1ccc(C(=O)Oc2ccc([S])c(Cl)c2)cc1.F.F.F.F.F. The average Bonchev–Trinajstić information content (AvgIpc) is 0.872. The summed E-state index contributed by atoms with van der Waals surface area (Å²) >= 11 is 54.8. The van der Waals surface area contributed by atoms with Crippen LogP contribution in [0.5, 0.6) is 28.7 Å². The highest BCUT2D eigenvalue weighted by Crippen LogP contribution is 2.31. The molecule has 10 aromatic carbocycles. The van der Waals surface area contributed by atoms with E-state index >= 15 is 0 Å². The summed E-state index contributed by atoms with van der Waals surface area (Å²) in [7, 11) is 0. The van der Waals surface area contributed by atoms with Crippen LogP contribution in [-0.4, -0.2) is 29.8 Å². The lowest BCUT2D eigenvalue weighted by molar-refractivity contribution is 0.0725. The van der Waals surface area contributed by atoms with Crippen molar-refractivity contribution in [2.45, 2.75) is 220 Å². The van der Waals surface area contributed by atoms with Gasteiger partial charge in [-0.25, -0.2) is 24.0 Å². The van der Waals surface area contributed by atoms with E-state index in [1.165, 1.54) is 156 Å². The second kappa shape index (κ2) is 61.9. The third-order valence-electron chi connectivity index (χ3n) is 18.1. The van der Waals surface area contributed by atoms with E-state index in [1.54, 1.807) is 152 Å². The highest BCUT2D eigenvalue weighted by Gasteiger charge is 2.16. The van der Waals surface area contributed by atoms with Gasteiger partial charge < -0.3 is 23.7 Å². The van der Waals surface area contributed by atoms with Crippen molar-refractivity contribution in [1.29, 1.82) is 0 Å². The molecule has 25 heteroatoms. The van der Waals surface area contributed by atoms with Gasteiger partial charge in [-0.3, -0.25) is 23.5 Å². The number of unbranched alkanes of at least 4 members (excludes halogenated alkanes) is 15. The number of halogens is 10. The van der Waals surface area contributed by atoms with Crippen molar-refractivity contribution in [1.82, 2.24) is 0 Å². The van der Waals surface area contributed by atoms with Gasteiger partial charge in [0.25, 0.3) is 0 Å². The van der Waals surface area contributed by atoms with Crippen molar-refractivity contribution in [3.63, 3.8) is 0 Å². The maximum atomic E-state index is 12.1. The molecule has 0 unspecified atom stereocenters. The standard InChI is InChI=1S/5C19H20ClO2S.5FH/c5*1-2-3-4-5-6-14-7-9-15(10-8-14)19(21)22-16-11-12-18(23)17(20)13-16;;;;;/h5*7-13H,2-6H2,1H3;5*1H. The molecule has 0 bridgehead atoms. The molecule has 120 heavy (non-hydrogen) atoms. The smallest absolute Gasteiger partial charge is 0.343 e. The van der Waals surface area contributed by atoms with Crippen LogP contribution in [0.25, 0.3) is 0 Å². The molecule has 0 fully saturated rings. The van der Waals surface area contributed by atoms with Crippen LogP contribution in [0.15, 0.2) is 237 Å². The van der Waals surface area contributed by atoms with Gasteiger partial charge in [0.2, 0.25) is 0 Å².